The van der Waals surface area contributed by atoms with Crippen molar-refractivity contribution in [2.45, 2.75) is 177 Å². The number of ether oxygens (including phenoxy) is 6. The van der Waals surface area contributed by atoms with E-state index < -0.39 is 96.4 Å². The van der Waals surface area contributed by atoms with Gasteiger partial charge in [-0.3, -0.25) is 53.1 Å². The van der Waals surface area contributed by atoms with Gasteiger partial charge in [-0.05, 0) is 164 Å². The molecule has 4 aliphatic carbocycles. The number of alkyl halides is 3. The molecule has 38 heteroatoms. The third-order valence-electron chi connectivity index (χ3n) is 24.1. The van der Waals surface area contributed by atoms with Crippen LogP contribution in [0.2, 0.25) is 0 Å². The second kappa shape index (κ2) is 39.7. The summed E-state index contributed by atoms with van der Waals surface area (Å²) in [4.78, 5) is 152. The molecule has 2 spiro atoms. The summed E-state index contributed by atoms with van der Waals surface area (Å²) in [5.74, 6) is -2.80. The number of ketones is 2. The van der Waals surface area contributed by atoms with Crippen molar-refractivity contribution in [3.63, 3.8) is 0 Å². The normalized spacial score (nSPS) is 25.8. The number of nitrogens with one attached hydrogen (secondary N) is 5. The molecular formula is C78H109F3N16O19. The van der Waals surface area contributed by atoms with Crippen molar-refractivity contribution < 1.29 is 105 Å². The number of benzene rings is 2. The number of likely N-dealkylation sites (tertiary alicyclic amines) is 4. The molecule has 636 valence electrons. The van der Waals surface area contributed by atoms with Crippen LogP contribution in [0.15, 0.2) is 57.9 Å². The number of piperidine rings is 4. The Morgan fingerprint density at radius 1 is 0.655 bits per heavy atom. The highest BCUT2D eigenvalue weighted by atomic mass is 19.4. The number of carboxylic acid groups (broad SMARTS) is 2. The van der Waals surface area contributed by atoms with E-state index in [1.54, 1.807) is 21.3 Å². The lowest BCUT2D eigenvalue weighted by molar-refractivity contribution is -0.156. The Balaban J connectivity index is 0.000000263. The summed E-state index contributed by atoms with van der Waals surface area (Å²) in [5, 5.41) is 45.4. The smallest absolute Gasteiger partial charge is 0.446 e. The summed E-state index contributed by atoms with van der Waals surface area (Å²) < 4.78 is 68.6. The van der Waals surface area contributed by atoms with Gasteiger partial charge in [0.2, 0.25) is 29.9 Å². The van der Waals surface area contributed by atoms with Gasteiger partial charge in [-0.25, -0.2) is 9.59 Å². The Morgan fingerprint density at radius 3 is 1.44 bits per heavy atom. The summed E-state index contributed by atoms with van der Waals surface area (Å²) in [5.41, 5.74) is 20.6. The van der Waals surface area contributed by atoms with Gasteiger partial charge in [-0.15, -0.1) is 0 Å². The number of carboxylic acids is 2. The summed E-state index contributed by atoms with van der Waals surface area (Å²) in [6.45, 7) is 4.78. The highest BCUT2D eigenvalue weighted by Gasteiger charge is 2.67. The molecule has 4 fully saturated rings. The third-order valence-corrected chi connectivity index (χ3v) is 24.1. The molecule has 0 saturated carbocycles. The predicted molar refractivity (Wildman–Crippen MR) is 411 cm³/mol. The minimum Gasteiger partial charge on any atom is -0.493 e. The van der Waals surface area contributed by atoms with E-state index in [1.165, 1.54) is 34.8 Å². The van der Waals surface area contributed by atoms with Gasteiger partial charge >= 0.3 is 30.3 Å². The van der Waals surface area contributed by atoms with Crippen molar-refractivity contribution in [1.82, 2.24) is 46.2 Å². The van der Waals surface area contributed by atoms with Crippen LogP contribution in [-0.2, 0) is 76.3 Å². The van der Waals surface area contributed by atoms with Gasteiger partial charge in [0.05, 0.1) is 51.2 Å². The Bertz CT molecular complexity index is 4140. The third kappa shape index (κ3) is 20.3. The molecule has 6 heterocycles. The fraction of sp³-hybridized carbons (Fsp3) is 0.628. The number of amides is 6. The van der Waals surface area contributed by atoms with Gasteiger partial charge in [-0.2, -0.15) is 13.2 Å². The molecule has 2 aromatic carbocycles. The zero-order valence-electron chi connectivity index (χ0n) is 65.6. The van der Waals surface area contributed by atoms with Crippen LogP contribution >= 0.6 is 0 Å². The number of Topliss-reactive ketones (excluding diaryl/α,β-unsaturated/α-hetero) is 2. The molecule has 12 rings (SSSR count). The average molecular weight is 1630 g/mol. The van der Waals surface area contributed by atoms with Gasteiger partial charge in [0.1, 0.15) is 11.5 Å². The first-order valence-electron chi connectivity index (χ1n) is 38.6. The van der Waals surface area contributed by atoms with E-state index in [2.05, 4.69) is 72.6 Å². The zero-order valence-corrected chi connectivity index (χ0v) is 65.6. The van der Waals surface area contributed by atoms with Crippen molar-refractivity contribution in [3.8, 4) is 23.0 Å². The maximum atomic E-state index is 14.1. The molecule has 13 N–H and O–H groups in total. The maximum absolute atomic E-state index is 14.1. The monoisotopic (exact) mass is 1630 g/mol. The number of nitrogens with zero attached hydrogens (tertiary/aromatic N) is 8. The van der Waals surface area contributed by atoms with Gasteiger partial charge in [0, 0.05) is 130 Å². The zero-order chi connectivity index (χ0) is 84.0. The van der Waals surface area contributed by atoms with Gasteiger partial charge in [0.25, 0.3) is 0 Å². The SMILES string of the molecule is C.CN=C(N)NCCC[C@H](CC(=O)CNC(C)=O)C(=O)NCC1CC(C(=O)O)CCN1C(=O)OC1=CC[C@H]2[C@H]3Cc4ccc(OC)c5c4[C@@]2(CCN3C)[C@H]1O5.COc1ccc2c3c1O[C@H]1C(OC(=O)N4CCC(C(=O)O)CC4CNC(=O)[C@H](CCCN=C(N)N)CC(=O)CNC(C)=O)=CC[C@H]4[C@@H](C2)N(C)CC[C@]314.N#N.O=CC(F)(F)F. The largest absolute Gasteiger partial charge is 0.493 e. The minimum absolute atomic E-state index is 0. The van der Waals surface area contributed by atoms with Crippen molar-refractivity contribution in [1.29, 1.82) is 10.8 Å². The minimum atomic E-state index is -4.64. The number of hydrogen-bond donors (Lipinski definition) is 10. The number of methoxy groups -OCH3 is 2. The second-order valence-electron chi connectivity index (χ2n) is 30.8. The molecule has 6 amide bonds. The van der Waals surface area contributed by atoms with Crippen molar-refractivity contribution in [3.05, 3.63) is 70.2 Å². The second-order valence-corrected chi connectivity index (χ2v) is 30.8. The Kier molecular flexibility index (Phi) is 31.0. The van der Waals surface area contributed by atoms with Crippen LogP contribution in [0.25, 0.3) is 0 Å². The van der Waals surface area contributed by atoms with Gasteiger partial charge < -0.3 is 102 Å². The molecule has 6 aliphatic heterocycles. The fourth-order valence-electron chi connectivity index (χ4n) is 18.6. The molecule has 2 aromatic rings. The average Bonchev–Trinajstić information content (AvgIpc) is 1.50. The van der Waals surface area contributed by atoms with E-state index in [-0.39, 0.29) is 156 Å². The first kappa shape index (κ1) is 90.7. The molecular weight excluding hydrogens is 1520 g/mol. The number of aliphatic imine (C=N–C) groups is 2. The Labute approximate surface area is 670 Å². The number of aldehydes is 1. The Morgan fingerprint density at radius 2 is 1.07 bits per heavy atom. The fourth-order valence-corrected chi connectivity index (χ4v) is 18.6. The quantitative estimate of drug-likeness (QED) is 0.0191. The summed E-state index contributed by atoms with van der Waals surface area (Å²) in [6, 6.07) is 7.39. The lowest BCUT2D eigenvalue weighted by Crippen LogP contribution is -2.63. The summed E-state index contributed by atoms with van der Waals surface area (Å²) >= 11 is 0. The van der Waals surface area contributed by atoms with Crippen LogP contribution in [0.5, 0.6) is 23.0 Å². The molecule has 4 bridgehead atoms. The highest BCUT2D eigenvalue weighted by molar-refractivity contribution is 5.91. The van der Waals surface area contributed by atoms with E-state index in [1.807, 2.05) is 24.3 Å². The number of rotatable bonds is 28. The van der Waals surface area contributed by atoms with Crippen LogP contribution in [0.3, 0.4) is 0 Å². The maximum Gasteiger partial charge on any atom is 0.446 e. The number of aliphatic carboxylic acids is 2. The van der Waals surface area contributed by atoms with E-state index in [0.29, 0.717) is 85.2 Å². The van der Waals surface area contributed by atoms with E-state index >= 15 is 0 Å². The first-order valence-corrected chi connectivity index (χ1v) is 38.6. The molecule has 116 heavy (non-hydrogen) atoms. The highest BCUT2D eigenvalue weighted by Crippen LogP contribution is 2.66. The molecule has 14 atom stereocenters. The van der Waals surface area contributed by atoms with E-state index in [9.17, 15) is 71.3 Å². The van der Waals surface area contributed by atoms with Crippen LogP contribution < -0.4 is 62.7 Å². The predicted octanol–water partition coefficient (Wildman–Crippen LogP) is 3.76. The number of carbonyl (C=O) groups excluding carboxylic acids is 9. The summed E-state index contributed by atoms with van der Waals surface area (Å²) in [6.07, 6.45) is 2.77. The number of halogens is 3. The number of hydrogen-bond acceptors (Lipinski definition) is 23. The molecule has 0 aromatic heterocycles. The number of guanidine groups is 2. The van der Waals surface area contributed by atoms with Crippen LogP contribution in [0.4, 0.5) is 22.8 Å². The van der Waals surface area contributed by atoms with E-state index in [0.717, 1.165) is 49.9 Å². The number of allylic oxidation sites excluding steroid dienone is 2. The number of likely N-dealkylation sites (N-methyl/N-ethyl adjacent to an activating group) is 2. The van der Waals surface area contributed by atoms with Gasteiger partial charge in [-0.1, -0.05) is 19.6 Å². The molecule has 10 aliphatic rings. The van der Waals surface area contributed by atoms with Crippen LogP contribution in [-0.4, -0.2) is 251 Å². The Hall–Kier alpha value is -10.8. The lowest BCUT2D eigenvalue weighted by Gasteiger charge is -2.56. The standard InChI is InChI=1S/C38H53N7O9.C37H51N7O9.C2HF3O.CH4.N2/c1-21(46)42-20-26(47)17-23(6-5-13-41-36(39)40-2)34(48)43-19-25-16-24(35(49)50)11-14-45(25)37(51)53-30-10-8-27-28-18-22-7-9-29(52-4)32-31(22)38(27,33(30)54-32)12-15-44(28)3;1-20(45)41-19-25(46)16-22(5-4-12-40-35(38)39)33(47)42-18-24-15-23(34(48)49)10-13-44(24)36(50)52-29-9-7-26-27-17-21-6-8-28(51-3)31-30(21)37(26,32(29)53-31)11-14-43(27)2;3-2(4,5)1-6;;1-2/h7,9-10,23-25,27-28,33H,5-6,8,11-20H2,1-4H3,(H,42,46)(H,43,48)(H,49,50)(H3,39,40,41);6,8-9,22-24,26-27,32H,4-5,7,10-19H2,1-3H3,(H,41,45)(H,42,47)(H,48,49)(H4,38,39,40);1H;1H4;/t23-,24?,25?,27+,28-,33+,38+;22-,23?,24?,26+,27-,32+,37+;;;/m11.../s1. The van der Waals surface area contributed by atoms with Crippen LogP contribution in [0, 0.1) is 46.3 Å². The molecule has 35 nitrogen and oxygen atoms in total. The van der Waals surface area contributed by atoms with Crippen molar-refractivity contribution >= 4 is 77.5 Å². The number of nitrogens with two attached hydrogens (primary N) is 3. The molecule has 4 saturated heterocycles. The van der Waals surface area contributed by atoms with Gasteiger partial charge in [0.15, 0.2) is 58.7 Å². The topological polar surface area (TPSA) is 507 Å². The molecule has 4 unspecified atom stereocenters. The summed E-state index contributed by atoms with van der Waals surface area (Å²) in [7, 11) is 9.12. The van der Waals surface area contributed by atoms with Crippen molar-refractivity contribution in [2.24, 2.45) is 62.7 Å². The first-order chi connectivity index (χ1) is 54.8. The van der Waals surface area contributed by atoms with Crippen LogP contribution in [0.1, 0.15) is 133 Å². The molecule has 0 radical (unpaired) electrons. The van der Waals surface area contributed by atoms with Crippen molar-refractivity contribution in [2.75, 3.05) is 101 Å². The number of carbonyl (C=O) groups is 11. The lowest BCUT2D eigenvalue weighted by atomic mass is 9.53. The van der Waals surface area contributed by atoms with E-state index in [4.69, 9.17) is 61.2 Å².